The highest BCUT2D eigenvalue weighted by Gasteiger charge is 2.13. The number of hydrazone groups is 1. The monoisotopic (exact) mass is 447 g/mol. The van der Waals surface area contributed by atoms with E-state index < -0.39 is 0 Å². The second-order valence-electron chi connectivity index (χ2n) is 6.40. The SMILES string of the molecule is O=C(N/N=C/c1c[nH]c2ccccc12)c1ccc(Br)cc1OCc1ccccc1. The lowest BCUT2D eigenvalue weighted by Gasteiger charge is -2.11. The number of hydrogen-bond donors (Lipinski definition) is 2. The Labute approximate surface area is 176 Å². The largest absolute Gasteiger partial charge is 0.488 e. The summed E-state index contributed by atoms with van der Waals surface area (Å²) in [5, 5.41) is 5.15. The summed E-state index contributed by atoms with van der Waals surface area (Å²) >= 11 is 3.43. The lowest BCUT2D eigenvalue weighted by molar-refractivity contribution is 0.0950. The first-order valence-corrected chi connectivity index (χ1v) is 9.86. The number of aromatic amines is 1. The van der Waals surface area contributed by atoms with Crippen LogP contribution < -0.4 is 10.2 Å². The second kappa shape index (κ2) is 8.75. The molecule has 2 N–H and O–H groups in total. The summed E-state index contributed by atoms with van der Waals surface area (Å²) in [5.74, 6) is 0.152. The van der Waals surface area contributed by atoms with Crippen LogP contribution in [0.5, 0.6) is 5.75 Å². The van der Waals surface area contributed by atoms with Crippen molar-refractivity contribution in [2.75, 3.05) is 0 Å². The van der Waals surface area contributed by atoms with Crippen LogP contribution >= 0.6 is 15.9 Å². The number of nitrogens with zero attached hydrogens (tertiary/aromatic N) is 1. The van der Waals surface area contributed by atoms with Crippen molar-refractivity contribution in [3.05, 3.63) is 100 Å². The number of carbonyl (C=O) groups excluding carboxylic acids is 1. The molecule has 0 fully saturated rings. The normalized spacial score (nSPS) is 11.1. The first-order valence-electron chi connectivity index (χ1n) is 9.06. The summed E-state index contributed by atoms with van der Waals surface area (Å²) in [5.41, 5.74) is 5.94. The molecule has 0 unspecified atom stereocenters. The van der Waals surface area contributed by atoms with E-state index in [1.165, 1.54) is 0 Å². The Balaban J connectivity index is 1.48. The maximum absolute atomic E-state index is 12.7. The fourth-order valence-electron chi connectivity index (χ4n) is 2.96. The fourth-order valence-corrected chi connectivity index (χ4v) is 3.30. The molecule has 144 valence electrons. The van der Waals surface area contributed by atoms with E-state index in [1.807, 2.05) is 60.8 Å². The number of fused-ring (bicyclic) bond motifs is 1. The lowest BCUT2D eigenvalue weighted by atomic mass is 10.2. The van der Waals surface area contributed by atoms with Crippen molar-refractivity contribution in [1.82, 2.24) is 10.4 Å². The minimum absolute atomic E-state index is 0.336. The van der Waals surface area contributed by atoms with Crippen LogP contribution in [-0.2, 0) is 6.61 Å². The van der Waals surface area contributed by atoms with Crippen molar-refractivity contribution in [3.63, 3.8) is 0 Å². The van der Waals surface area contributed by atoms with Crippen molar-refractivity contribution in [2.45, 2.75) is 6.61 Å². The summed E-state index contributed by atoms with van der Waals surface area (Å²) in [6.07, 6.45) is 3.48. The molecule has 5 nitrogen and oxygen atoms in total. The number of rotatable bonds is 6. The Bertz CT molecular complexity index is 1170. The quantitative estimate of drug-likeness (QED) is 0.312. The summed E-state index contributed by atoms with van der Waals surface area (Å²) < 4.78 is 6.72. The van der Waals surface area contributed by atoms with Gasteiger partial charge < -0.3 is 9.72 Å². The standard InChI is InChI=1S/C23H18BrN3O2/c24-18-10-11-20(22(12-18)29-15-16-6-2-1-3-7-16)23(28)27-26-14-17-13-25-21-9-5-4-8-19(17)21/h1-14,25H,15H2,(H,27,28)/b26-14+. The highest BCUT2D eigenvalue weighted by atomic mass is 79.9. The number of H-pyrrole nitrogens is 1. The molecule has 0 aliphatic rings. The highest BCUT2D eigenvalue weighted by Crippen LogP contribution is 2.25. The summed E-state index contributed by atoms with van der Waals surface area (Å²) in [4.78, 5) is 15.8. The van der Waals surface area contributed by atoms with E-state index in [0.29, 0.717) is 17.9 Å². The Morgan fingerprint density at radius 3 is 2.72 bits per heavy atom. The Hall–Kier alpha value is -3.38. The number of benzene rings is 3. The van der Waals surface area contributed by atoms with E-state index >= 15 is 0 Å². The molecule has 0 bridgehead atoms. The number of hydrogen-bond acceptors (Lipinski definition) is 3. The van der Waals surface area contributed by atoms with Gasteiger partial charge in [0.2, 0.25) is 0 Å². The average Bonchev–Trinajstić information content (AvgIpc) is 3.16. The van der Waals surface area contributed by atoms with Crippen LogP contribution in [0.2, 0.25) is 0 Å². The van der Waals surface area contributed by atoms with Crippen molar-refractivity contribution < 1.29 is 9.53 Å². The van der Waals surface area contributed by atoms with Gasteiger partial charge in [0.1, 0.15) is 12.4 Å². The van der Waals surface area contributed by atoms with Crippen molar-refractivity contribution in [3.8, 4) is 5.75 Å². The molecule has 1 aromatic heterocycles. The molecule has 0 aliphatic carbocycles. The van der Waals surface area contributed by atoms with Gasteiger partial charge in [-0.15, -0.1) is 0 Å². The Kier molecular flexibility index (Phi) is 5.72. The van der Waals surface area contributed by atoms with Gasteiger partial charge in [-0.05, 0) is 29.8 Å². The first kappa shape index (κ1) is 19.0. The van der Waals surface area contributed by atoms with Gasteiger partial charge >= 0.3 is 0 Å². The zero-order valence-corrected chi connectivity index (χ0v) is 17.0. The Morgan fingerprint density at radius 1 is 1.07 bits per heavy atom. The van der Waals surface area contributed by atoms with Crippen molar-refractivity contribution >= 4 is 39.0 Å². The molecule has 29 heavy (non-hydrogen) atoms. The molecule has 0 saturated heterocycles. The molecule has 4 aromatic rings. The van der Waals surface area contributed by atoms with Crippen LogP contribution in [0.3, 0.4) is 0 Å². The zero-order chi connectivity index (χ0) is 20.1. The zero-order valence-electron chi connectivity index (χ0n) is 15.4. The third kappa shape index (κ3) is 4.55. The van der Waals surface area contributed by atoms with Crippen LogP contribution in [0, 0.1) is 0 Å². The summed E-state index contributed by atoms with van der Waals surface area (Å²) in [7, 11) is 0. The number of halogens is 1. The van der Waals surface area contributed by atoms with Gasteiger partial charge in [0, 0.05) is 27.1 Å². The molecule has 0 spiro atoms. The second-order valence-corrected chi connectivity index (χ2v) is 7.32. The van der Waals surface area contributed by atoms with E-state index in [-0.39, 0.29) is 5.91 Å². The Morgan fingerprint density at radius 2 is 1.86 bits per heavy atom. The van der Waals surface area contributed by atoms with E-state index in [4.69, 9.17) is 4.74 Å². The molecule has 6 heteroatoms. The molecule has 0 radical (unpaired) electrons. The molecular formula is C23H18BrN3O2. The molecule has 4 rings (SSSR count). The van der Waals surface area contributed by atoms with Gasteiger partial charge in [-0.25, -0.2) is 5.43 Å². The minimum Gasteiger partial charge on any atom is -0.488 e. The highest BCUT2D eigenvalue weighted by molar-refractivity contribution is 9.10. The van der Waals surface area contributed by atoms with Crippen molar-refractivity contribution in [1.29, 1.82) is 0 Å². The van der Waals surface area contributed by atoms with Crippen LogP contribution in [0.15, 0.2) is 88.6 Å². The summed E-state index contributed by atoms with van der Waals surface area (Å²) in [6.45, 7) is 0.371. The lowest BCUT2D eigenvalue weighted by Crippen LogP contribution is -2.18. The number of amides is 1. The average molecular weight is 448 g/mol. The van der Waals surface area contributed by atoms with Crippen LogP contribution in [0.4, 0.5) is 0 Å². The van der Waals surface area contributed by atoms with Gasteiger partial charge in [0.25, 0.3) is 5.91 Å². The molecule has 1 amide bonds. The maximum atomic E-state index is 12.7. The van der Waals surface area contributed by atoms with Gasteiger partial charge in [0.15, 0.2) is 0 Å². The van der Waals surface area contributed by atoms with Crippen LogP contribution in [0.1, 0.15) is 21.5 Å². The number of nitrogens with one attached hydrogen (secondary N) is 2. The van der Waals surface area contributed by atoms with E-state index in [0.717, 1.165) is 26.5 Å². The smallest absolute Gasteiger partial charge is 0.275 e. The molecule has 1 heterocycles. The molecule has 0 saturated carbocycles. The van der Waals surface area contributed by atoms with Gasteiger partial charge in [-0.2, -0.15) is 5.10 Å². The van der Waals surface area contributed by atoms with Gasteiger partial charge in [-0.3, -0.25) is 4.79 Å². The van der Waals surface area contributed by atoms with Gasteiger partial charge in [0.05, 0.1) is 11.8 Å². The van der Waals surface area contributed by atoms with Crippen LogP contribution in [0.25, 0.3) is 10.9 Å². The van der Waals surface area contributed by atoms with E-state index in [9.17, 15) is 4.79 Å². The third-order valence-electron chi connectivity index (χ3n) is 4.42. The topological polar surface area (TPSA) is 66.5 Å². The molecule has 3 aromatic carbocycles. The van der Waals surface area contributed by atoms with E-state index in [1.54, 1.807) is 24.4 Å². The van der Waals surface area contributed by atoms with Crippen molar-refractivity contribution in [2.24, 2.45) is 5.10 Å². The number of aromatic nitrogens is 1. The number of carbonyl (C=O) groups is 1. The predicted molar refractivity (Wildman–Crippen MR) is 118 cm³/mol. The van der Waals surface area contributed by atoms with Crippen LogP contribution in [-0.4, -0.2) is 17.1 Å². The summed E-state index contributed by atoms with van der Waals surface area (Å²) in [6, 6.07) is 23.0. The number of para-hydroxylation sites is 1. The maximum Gasteiger partial charge on any atom is 0.275 e. The van der Waals surface area contributed by atoms with E-state index in [2.05, 4.69) is 31.4 Å². The van der Waals surface area contributed by atoms with Gasteiger partial charge in [-0.1, -0.05) is 64.5 Å². The third-order valence-corrected chi connectivity index (χ3v) is 4.91. The molecular weight excluding hydrogens is 430 g/mol. The molecule has 0 aliphatic heterocycles. The fraction of sp³-hybridized carbons (Fsp3) is 0.0435. The minimum atomic E-state index is -0.336. The predicted octanol–water partition coefficient (Wildman–Crippen LogP) is 5.27. The number of ether oxygens (including phenoxy) is 1. The first-order chi connectivity index (χ1) is 14.2. The molecule has 0 atom stereocenters.